The van der Waals surface area contributed by atoms with Crippen LogP contribution in [0, 0.1) is 0 Å². The lowest BCUT2D eigenvalue weighted by molar-refractivity contribution is 0.201. The molecule has 0 N–H and O–H groups in total. The van der Waals surface area contributed by atoms with Crippen molar-refractivity contribution in [1.82, 2.24) is 0 Å². The zero-order chi connectivity index (χ0) is 10.4. The smallest absolute Gasteiger partial charge is 0.498 e. The number of hydrogen-bond donors (Lipinski definition) is 0. The molecule has 77 valence electrons. The Balaban J connectivity index is 2.74. The van der Waals surface area contributed by atoms with Gasteiger partial charge in [0.15, 0.2) is 0 Å². The first-order valence-corrected chi connectivity index (χ1v) is 5.75. The molecule has 0 bridgehead atoms. The van der Waals surface area contributed by atoms with Crippen molar-refractivity contribution in [3.8, 4) is 5.75 Å². The monoisotopic (exact) mass is 211 g/mol. The third-order valence-corrected chi connectivity index (χ3v) is 2.93. The third-order valence-electron chi connectivity index (χ3n) is 1.88. The van der Waals surface area contributed by atoms with Crippen LogP contribution in [0.25, 0.3) is 0 Å². The summed E-state index contributed by atoms with van der Waals surface area (Å²) in [7, 11) is 1.57. The van der Waals surface area contributed by atoms with Gasteiger partial charge in [-0.05, 0) is 18.1 Å². The highest BCUT2D eigenvalue weighted by molar-refractivity contribution is 6.37. The Morgan fingerprint density at radius 2 is 1.79 bits per heavy atom. The molecule has 1 aromatic rings. The van der Waals surface area contributed by atoms with E-state index in [1.807, 2.05) is 24.3 Å². The highest BCUT2D eigenvalue weighted by atomic mass is 28.3. The molecule has 3 nitrogen and oxygen atoms in total. The summed E-state index contributed by atoms with van der Waals surface area (Å²) in [5.74, 6) is 0.854. The largest absolute Gasteiger partial charge is 0.655 e. The summed E-state index contributed by atoms with van der Waals surface area (Å²) in [5.41, 5.74) is 1.17. The van der Waals surface area contributed by atoms with E-state index < -0.39 is 9.53 Å². The van der Waals surface area contributed by atoms with Gasteiger partial charge in [0.1, 0.15) is 5.75 Å². The third kappa shape index (κ3) is 2.83. The highest BCUT2D eigenvalue weighted by Gasteiger charge is 2.18. The minimum atomic E-state index is -1.61. The van der Waals surface area contributed by atoms with Crippen LogP contribution in [0.5, 0.6) is 5.75 Å². The first kappa shape index (κ1) is 11.2. The molecule has 0 atom stereocenters. The lowest BCUT2D eigenvalue weighted by atomic mass is 10.1. The van der Waals surface area contributed by atoms with Crippen molar-refractivity contribution < 1.29 is 13.3 Å². The predicted octanol–water partition coefficient (Wildman–Crippen LogP) is 1.91. The van der Waals surface area contributed by atoms with Crippen molar-refractivity contribution in [2.75, 3.05) is 14.2 Å². The van der Waals surface area contributed by atoms with Crippen LogP contribution in [0.4, 0.5) is 0 Å². The van der Waals surface area contributed by atoms with Crippen LogP contribution in [0.15, 0.2) is 24.3 Å². The summed E-state index contributed by atoms with van der Waals surface area (Å²) >= 11 is 0. The van der Waals surface area contributed by atoms with Gasteiger partial charge in [0.25, 0.3) is 0 Å². The molecule has 0 heterocycles. The van der Waals surface area contributed by atoms with Gasteiger partial charge in [0.05, 0.1) is 0 Å². The summed E-state index contributed by atoms with van der Waals surface area (Å²) < 4.78 is 15.7. The van der Waals surface area contributed by atoms with Gasteiger partial charge in [-0.15, -0.1) is 0 Å². The fourth-order valence-electron chi connectivity index (χ4n) is 1.15. The van der Waals surface area contributed by atoms with Gasteiger partial charge >= 0.3 is 9.53 Å². The molecule has 0 aliphatic carbocycles. The van der Waals surface area contributed by atoms with Crippen molar-refractivity contribution in [1.29, 1.82) is 0 Å². The lowest BCUT2D eigenvalue weighted by Gasteiger charge is -2.13. The number of hydrogen-bond acceptors (Lipinski definition) is 3. The van der Waals surface area contributed by atoms with Gasteiger partial charge in [-0.2, -0.15) is 0 Å². The van der Waals surface area contributed by atoms with Crippen molar-refractivity contribution >= 4 is 9.53 Å². The fraction of sp³-hybridized carbons (Fsp3) is 0.400. The van der Waals surface area contributed by atoms with E-state index in [2.05, 4.69) is 6.92 Å². The molecule has 0 spiro atoms. The molecule has 0 aliphatic heterocycles. The van der Waals surface area contributed by atoms with Crippen LogP contribution >= 0.6 is 0 Å². The van der Waals surface area contributed by atoms with Crippen LogP contribution in [-0.2, 0) is 15.3 Å². The SMILES string of the molecule is CCc1ccccc1O[Si](OC)OC. The van der Waals surface area contributed by atoms with Gasteiger partial charge in [-0.25, -0.2) is 0 Å². The summed E-state index contributed by atoms with van der Waals surface area (Å²) in [4.78, 5) is 0. The maximum atomic E-state index is 5.59. The lowest BCUT2D eigenvalue weighted by Crippen LogP contribution is -2.27. The summed E-state index contributed by atoms with van der Waals surface area (Å²) in [6.07, 6.45) is 0.943. The molecule has 1 aromatic carbocycles. The summed E-state index contributed by atoms with van der Waals surface area (Å²) in [5, 5.41) is 0. The maximum Gasteiger partial charge on any atom is 0.655 e. The Hall–Kier alpha value is -0.843. The standard InChI is InChI=1S/C10H15O3Si/c1-4-9-7-5-6-8-10(9)13-14(11-2)12-3/h5-8H,4H2,1-3H3. The predicted molar refractivity (Wildman–Crippen MR) is 56.2 cm³/mol. The molecule has 0 amide bonds. The Morgan fingerprint density at radius 1 is 1.14 bits per heavy atom. The highest BCUT2D eigenvalue weighted by Crippen LogP contribution is 2.18. The Morgan fingerprint density at radius 3 is 2.36 bits per heavy atom. The van der Waals surface area contributed by atoms with Gasteiger partial charge in [0.2, 0.25) is 0 Å². The first-order chi connectivity index (χ1) is 6.81. The minimum absolute atomic E-state index is 0.854. The van der Waals surface area contributed by atoms with Crippen LogP contribution in [0.2, 0.25) is 0 Å². The topological polar surface area (TPSA) is 27.7 Å². The minimum Gasteiger partial charge on any atom is -0.498 e. The van der Waals surface area contributed by atoms with Gasteiger partial charge in [-0.3, -0.25) is 0 Å². The van der Waals surface area contributed by atoms with Gasteiger partial charge in [0, 0.05) is 14.2 Å². The van der Waals surface area contributed by atoms with Crippen LogP contribution in [0.1, 0.15) is 12.5 Å². The van der Waals surface area contributed by atoms with E-state index >= 15 is 0 Å². The normalized spacial score (nSPS) is 10.6. The molecule has 0 aliphatic rings. The van der Waals surface area contributed by atoms with Crippen LogP contribution < -0.4 is 4.43 Å². The van der Waals surface area contributed by atoms with E-state index in [1.165, 1.54) is 5.56 Å². The molecule has 0 fully saturated rings. The average Bonchev–Trinajstić information content (AvgIpc) is 2.26. The van der Waals surface area contributed by atoms with E-state index in [9.17, 15) is 0 Å². The molecule has 0 saturated heterocycles. The number of benzene rings is 1. The Kier molecular flexibility index (Phi) is 4.65. The number of rotatable bonds is 5. The molecule has 14 heavy (non-hydrogen) atoms. The summed E-state index contributed by atoms with van der Waals surface area (Å²) in [6, 6.07) is 7.92. The average molecular weight is 211 g/mol. The van der Waals surface area contributed by atoms with Crippen molar-refractivity contribution in [3.05, 3.63) is 29.8 Å². The molecule has 1 radical (unpaired) electrons. The van der Waals surface area contributed by atoms with Gasteiger partial charge < -0.3 is 13.3 Å². The second-order valence-corrected chi connectivity index (χ2v) is 4.24. The molecule has 0 aromatic heterocycles. The molecule has 4 heteroatoms. The van der Waals surface area contributed by atoms with Crippen LogP contribution in [0.3, 0.4) is 0 Å². The maximum absolute atomic E-state index is 5.59. The van der Waals surface area contributed by atoms with E-state index in [-0.39, 0.29) is 0 Å². The molecule has 1 rings (SSSR count). The second-order valence-electron chi connectivity index (χ2n) is 2.72. The zero-order valence-electron chi connectivity index (χ0n) is 8.74. The van der Waals surface area contributed by atoms with Crippen LogP contribution in [-0.4, -0.2) is 23.7 Å². The fourth-order valence-corrected chi connectivity index (χ4v) is 1.86. The first-order valence-electron chi connectivity index (χ1n) is 4.52. The molecule has 0 saturated carbocycles. The number of para-hydroxylation sites is 1. The molecular formula is C10H15O3Si. The van der Waals surface area contributed by atoms with Crippen molar-refractivity contribution in [3.63, 3.8) is 0 Å². The van der Waals surface area contributed by atoms with Crippen molar-refractivity contribution in [2.24, 2.45) is 0 Å². The molecule has 0 unspecified atom stereocenters. The quantitative estimate of drug-likeness (QED) is 0.696. The van der Waals surface area contributed by atoms with E-state index in [1.54, 1.807) is 14.2 Å². The molecular weight excluding hydrogens is 196 g/mol. The summed E-state index contributed by atoms with van der Waals surface area (Å²) in [6.45, 7) is 2.09. The zero-order valence-corrected chi connectivity index (χ0v) is 9.74. The van der Waals surface area contributed by atoms with E-state index in [0.717, 1.165) is 12.2 Å². The van der Waals surface area contributed by atoms with Gasteiger partial charge in [-0.1, -0.05) is 25.1 Å². The Labute approximate surface area is 86.6 Å². The van der Waals surface area contributed by atoms with E-state index in [0.29, 0.717) is 0 Å². The Bertz CT molecular complexity index is 274. The number of aryl methyl sites for hydroxylation is 1. The second kappa shape index (κ2) is 5.80. The van der Waals surface area contributed by atoms with E-state index in [4.69, 9.17) is 13.3 Å². The van der Waals surface area contributed by atoms with Crippen molar-refractivity contribution in [2.45, 2.75) is 13.3 Å².